The quantitative estimate of drug-likeness (QED) is 0.687. The van der Waals surface area contributed by atoms with E-state index in [0.717, 1.165) is 30.2 Å². The van der Waals surface area contributed by atoms with Crippen LogP contribution < -0.4 is 5.32 Å². The molecule has 0 fully saturated rings. The number of rotatable bonds is 6. The van der Waals surface area contributed by atoms with Gasteiger partial charge < -0.3 is 14.3 Å². The Morgan fingerprint density at radius 2 is 2.18 bits per heavy atom. The minimum atomic E-state index is -0.00986. The highest BCUT2D eigenvalue weighted by molar-refractivity contribution is 5.77. The van der Waals surface area contributed by atoms with E-state index in [-0.39, 0.29) is 11.8 Å². The first-order valence-corrected chi connectivity index (χ1v) is 10.0. The standard InChI is InChI=1S/C23H27N3O2/c1-16-7-3-4-10-19(16)20(13-22(27)24-14-18-9-6-12-28-18)21-15-25-23-17(2)8-5-11-26(21)23/h3-4,6-7,9-10,12,15,17,20H,5,8,11,13-14H2,1-2H3,(H,24,27). The molecule has 0 radical (unpaired) electrons. The molecular weight excluding hydrogens is 350 g/mol. The molecule has 0 saturated carbocycles. The van der Waals surface area contributed by atoms with Gasteiger partial charge in [0.2, 0.25) is 5.91 Å². The fraction of sp³-hybridized carbons (Fsp3) is 0.391. The van der Waals surface area contributed by atoms with Crippen LogP contribution in [0.1, 0.15) is 66.4 Å². The van der Waals surface area contributed by atoms with Crippen LogP contribution in [0.3, 0.4) is 0 Å². The van der Waals surface area contributed by atoms with Gasteiger partial charge in [0.15, 0.2) is 0 Å². The topological polar surface area (TPSA) is 60.1 Å². The van der Waals surface area contributed by atoms with E-state index < -0.39 is 0 Å². The van der Waals surface area contributed by atoms with Gasteiger partial charge in [0.05, 0.1) is 12.8 Å². The zero-order valence-corrected chi connectivity index (χ0v) is 16.5. The summed E-state index contributed by atoms with van der Waals surface area (Å²) in [6.45, 7) is 5.74. The van der Waals surface area contributed by atoms with E-state index in [2.05, 4.69) is 35.9 Å². The molecule has 1 aliphatic heterocycles. The second-order valence-electron chi connectivity index (χ2n) is 7.71. The van der Waals surface area contributed by atoms with Crippen LogP contribution in [-0.2, 0) is 17.9 Å². The summed E-state index contributed by atoms with van der Waals surface area (Å²) in [6.07, 6.45) is 6.33. The maximum Gasteiger partial charge on any atom is 0.221 e. The molecule has 28 heavy (non-hydrogen) atoms. The van der Waals surface area contributed by atoms with Gasteiger partial charge in [-0.1, -0.05) is 31.2 Å². The molecule has 2 unspecified atom stereocenters. The molecule has 0 saturated heterocycles. The van der Waals surface area contributed by atoms with Gasteiger partial charge in [-0.25, -0.2) is 4.98 Å². The number of carbonyl (C=O) groups is 1. The van der Waals surface area contributed by atoms with E-state index in [4.69, 9.17) is 9.40 Å². The number of fused-ring (bicyclic) bond motifs is 1. The third kappa shape index (κ3) is 3.75. The molecule has 1 aromatic carbocycles. The number of aromatic nitrogens is 2. The number of nitrogens with zero attached hydrogens (tertiary/aromatic N) is 2. The number of amides is 1. The Labute approximate surface area is 165 Å². The number of hydrogen-bond acceptors (Lipinski definition) is 3. The number of imidazole rings is 1. The number of nitrogens with one attached hydrogen (secondary N) is 1. The van der Waals surface area contributed by atoms with Gasteiger partial charge in [-0.2, -0.15) is 0 Å². The molecule has 1 amide bonds. The van der Waals surface area contributed by atoms with Crippen molar-refractivity contribution in [1.29, 1.82) is 0 Å². The highest BCUT2D eigenvalue weighted by Gasteiger charge is 2.28. The molecule has 1 N–H and O–H groups in total. The molecule has 4 rings (SSSR count). The monoisotopic (exact) mass is 377 g/mol. The zero-order valence-electron chi connectivity index (χ0n) is 16.5. The molecular formula is C23H27N3O2. The van der Waals surface area contributed by atoms with Gasteiger partial charge in [0.25, 0.3) is 0 Å². The van der Waals surface area contributed by atoms with E-state index in [1.54, 1.807) is 6.26 Å². The van der Waals surface area contributed by atoms with Gasteiger partial charge in [-0.3, -0.25) is 4.79 Å². The Bertz CT molecular complexity index is 943. The van der Waals surface area contributed by atoms with Gasteiger partial charge in [-0.15, -0.1) is 0 Å². The van der Waals surface area contributed by atoms with Gasteiger partial charge in [0.1, 0.15) is 11.6 Å². The van der Waals surface area contributed by atoms with Gasteiger partial charge in [0, 0.05) is 36.7 Å². The van der Waals surface area contributed by atoms with Crippen molar-refractivity contribution in [1.82, 2.24) is 14.9 Å². The molecule has 5 heteroatoms. The smallest absolute Gasteiger partial charge is 0.221 e. The van der Waals surface area contributed by atoms with Gasteiger partial charge >= 0.3 is 0 Å². The first-order chi connectivity index (χ1) is 13.6. The fourth-order valence-corrected chi connectivity index (χ4v) is 4.21. The highest BCUT2D eigenvalue weighted by Crippen LogP contribution is 2.35. The van der Waals surface area contributed by atoms with Crippen LogP contribution in [0.2, 0.25) is 0 Å². The van der Waals surface area contributed by atoms with E-state index in [1.807, 2.05) is 30.5 Å². The predicted octanol–water partition coefficient (Wildman–Crippen LogP) is 4.52. The summed E-state index contributed by atoms with van der Waals surface area (Å²) in [4.78, 5) is 17.5. The van der Waals surface area contributed by atoms with Crippen molar-refractivity contribution in [2.75, 3.05) is 0 Å². The summed E-state index contributed by atoms with van der Waals surface area (Å²) in [5.41, 5.74) is 3.53. The average Bonchev–Trinajstić information content (AvgIpc) is 3.36. The van der Waals surface area contributed by atoms with Crippen molar-refractivity contribution in [2.24, 2.45) is 0 Å². The van der Waals surface area contributed by atoms with Crippen LogP contribution in [0.25, 0.3) is 0 Å². The van der Waals surface area contributed by atoms with Crippen molar-refractivity contribution in [3.63, 3.8) is 0 Å². The fourth-order valence-electron chi connectivity index (χ4n) is 4.21. The Morgan fingerprint density at radius 1 is 1.32 bits per heavy atom. The third-order valence-corrected chi connectivity index (χ3v) is 5.73. The normalized spacial score (nSPS) is 17.1. The Kier molecular flexibility index (Phi) is 5.33. The highest BCUT2D eigenvalue weighted by atomic mass is 16.3. The number of aryl methyl sites for hydroxylation is 1. The maximum absolute atomic E-state index is 12.8. The second-order valence-corrected chi connectivity index (χ2v) is 7.71. The summed E-state index contributed by atoms with van der Waals surface area (Å²) < 4.78 is 7.66. The van der Waals surface area contributed by atoms with Crippen molar-refractivity contribution >= 4 is 5.91 Å². The van der Waals surface area contributed by atoms with E-state index in [1.165, 1.54) is 17.5 Å². The summed E-state index contributed by atoms with van der Waals surface area (Å²) >= 11 is 0. The first kappa shape index (κ1) is 18.5. The molecule has 146 valence electrons. The third-order valence-electron chi connectivity index (χ3n) is 5.73. The van der Waals surface area contributed by atoms with Crippen LogP contribution in [-0.4, -0.2) is 15.5 Å². The van der Waals surface area contributed by atoms with E-state index in [9.17, 15) is 4.79 Å². The lowest BCUT2D eigenvalue weighted by molar-refractivity contribution is -0.121. The Morgan fingerprint density at radius 3 is 2.96 bits per heavy atom. The molecule has 0 bridgehead atoms. The summed E-state index contributed by atoms with van der Waals surface area (Å²) in [5.74, 6) is 2.38. The summed E-state index contributed by atoms with van der Waals surface area (Å²) in [5, 5.41) is 2.99. The molecule has 3 heterocycles. The number of hydrogen-bond donors (Lipinski definition) is 1. The first-order valence-electron chi connectivity index (χ1n) is 10.0. The molecule has 0 aliphatic carbocycles. The van der Waals surface area contributed by atoms with Crippen LogP contribution in [0.15, 0.2) is 53.3 Å². The molecule has 1 aliphatic rings. The molecule has 2 atom stereocenters. The second kappa shape index (κ2) is 8.05. The lowest BCUT2D eigenvalue weighted by Gasteiger charge is -2.26. The lowest BCUT2D eigenvalue weighted by Crippen LogP contribution is -2.26. The average molecular weight is 377 g/mol. The minimum absolute atomic E-state index is 0.00986. The lowest BCUT2D eigenvalue weighted by atomic mass is 9.88. The molecule has 2 aromatic heterocycles. The van der Waals surface area contributed by atoms with Crippen molar-refractivity contribution < 1.29 is 9.21 Å². The number of furan rings is 1. The minimum Gasteiger partial charge on any atom is -0.467 e. The molecule has 0 spiro atoms. The summed E-state index contributed by atoms with van der Waals surface area (Å²) in [7, 11) is 0. The molecule has 3 aromatic rings. The number of benzene rings is 1. The number of carbonyl (C=O) groups excluding carboxylic acids is 1. The van der Waals surface area contributed by atoms with Crippen LogP contribution in [0.4, 0.5) is 0 Å². The Hall–Kier alpha value is -2.82. The van der Waals surface area contributed by atoms with Crippen molar-refractivity contribution in [2.45, 2.75) is 58.0 Å². The summed E-state index contributed by atoms with van der Waals surface area (Å²) in [6, 6.07) is 12.0. The Balaban J connectivity index is 1.62. The largest absolute Gasteiger partial charge is 0.467 e. The predicted molar refractivity (Wildman–Crippen MR) is 108 cm³/mol. The maximum atomic E-state index is 12.8. The van der Waals surface area contributed by atoms with Crippen molar-refractivity contribution in [3.8, 4) is 0 Å². The van der Waals surface area contributed by atoms with Crippen LogP contribution in [0.5, 0.6) is 0 Å². The van der Waals surface area contributed by atoms with Crippen molar-refractivity contribution in [3.05, 3.63) is 77.3 Å². The van der Waals surface area contributed by atoms with E-state index >= 15 is 0 Å². The van der Waals surface area contributed by atoms with E-state index in [0.29, 0.717) is 18.9 Å². The van der Waals surface area contributed by atoms with Crippen LogP contribution >= 0.6 is 0 Å². The SMILES string of the molecule is Cc1ccccc1C(CC(=O)NCc1ccco1)c1cnc2n1CCCC2C. The van der Waals surface area contributed by atoms with Gasteiger partial charge in [-0.05, 0) is 43.0 Å². The van der Waals surface area contributed by atoms with Crippen LogP contribution in [0, 0.1) is 6.92 Å². The zero-order chi connectivity index (χ0) is 19.5. The molecule has 5 nitrogen and oxygen atoms in total.